The van der Waals surface area contributed by atoms with Crippen molar-refractivity contribution in [2.75, 3.05) is 11.9 Å². The van der Waals surface area contributed by atoms with E-state index >= 15 is 0 Å². The molecule has 1 aromatic heterocycles. The largest absolute Gasteiger partial charge is 0.396 e. The Morgan fingerprint density at radius 3 is 2.89 bits per heavy atom. The Labute approximate surface area is 112 Å². The maximum Gasteiger partial charge on any atom is 0.103 e. The van der Waals surface area contributed by atoms with Crippen LogP contribution in [0.2, 0.25) is 0 Å². The van der Waals surface area contributed by atoms with Gasteiger partial charge in [0.15, 0.2) is 0 Å². The Morgan fingerprint density at radius 1 is 1.42 bits per heavy atom. The Hall–Kier alpha value is -2.12. The van der Waals surface area contributed by atoms with Gasteiger partial charge in [-0.05, 0) is 18.9 Å². The summed E-state index contributed by atoms with van der Waals surface area (Å²) in [6, 6.07) is 10.1. The first-order chi connectivity index (χ1) is 9.30. The van der Waals surface area contributed by atoms with E-state index in [1.807, 2.05) is 24.3 Å². The molecule has 0 aliphatic heterocycles. The summed E-state index contributed by atoms with van der Waals surface area (Å²) in [5, 5.41) is 22.6. The van der Waals surface area contributed by atoms with Crippen molar-refractivity contribution in [3.8, 4) is 6.07 Å². The number of aliphatic hydroxyl groups excluding tert-OH is 1. The molecule has 0 saturated heterocycles. The number of para-hydroxylation sites is 1. The van der Waals surface area contributed by atoms with Crippen LogP contribution in [-0.2, 0) is 0 Å². The van der Waals surface area contributed by atoms with Gasteiger partial charge in [-0.15, -0.1) is 0 Å². The van der Waals surface area contributed by atoms with Crippen molar-refractivity contribution in [2.24, 2.45) is 0 Å². The molecule has 0 fully saturated rings. The maximum atomic E-state index is 9.21. The molecule has 0 amide bonds. The summed E-state index contributed by atoms with van der Waals surface area (Å²) < 4.78 is 0. The van der Waals surface area contributed by atoms with Gasteiger partial charge in [0.25, 0.3) is 0 Å². The summed E-state index contributed by atoms with van der Waals surface area (Å²) in [6.45, 7) is 2.19. The summed E-state index contributed by atoms with van der Waals surface area (Å²) >= 11 is 0. The Balaban J connectivity index is 2.47. The summed E-state index contributed by atoms with van der Waals surface area (Å²) in [5.74, 6) is 0. The first kappa shape index (κ1) is 13.3. The first-order valence-electron chi connectivity index (χ1n) is 6.45. The number of rotatable bonds is 5. The fraction of sp³-hybridized carbons (Fsp3) is 0.333. The number of anilines is 1. The molecule has 0 bridgehead atoms. The van der Waals surface area contributed by atoms with Gasteiger partial charge >= 0.3 is 0 Å². The van der Waals surface area contributed by atoms with Crippen LogP contribution in [0.1, 0.15) is 25.3 Å². The van der Waals surface area contributed by atoms with Gasteiger partial charge in [-0.25, -0.2) is 0 Å². The molecule has 1 unspecified atom stereocenters. The second-order valence-electron chi connectivity index (χ2n) is 4.44. The average Bonchev–Trinajstić information content (AvgIpc) is 2.46. The van der Waals surface area contributed by atoms with E-state index < -0.39 is 0 Å². The second-order valence-corrected chi connectivity index (χ2v) is 4.44. The molecule has 1 aromatic carbocycles. The van der Waals surface area contributed by atoms with Crippen molar-refractivity contribution in [2.45, 2.75) is 25.8 Å². The van der Waals surface area contributed by atoms with Gasteiger partial charge in [-0.3, -0.25) is 4.98 Å². The van der Waals surface area contributed by atoms with Crippen molar-refractivity contribution in [3.63, 3.8) is 0 Å². The molecule has 4 heteroatoms. The maximum absolute atomic E-state index is 9.21. The van der Waals surface area contributed by atoms with Gasteiger partial charge in [-0.1, -0.05) is 25.1 Å². The van der Waals surface area contributed by atoms with E-state index in [0.29, 0.717) is 12.0 Å². The van der Waals surface area contributed by atoms with Crippen molar-refractivity contribution in [3.05, 3.63) is 36.0 Å². The molecule has 2 aromatic rings. The minimum atomic E-state index is 0.135. The first-order valence-corrected chi connectivity index (χ1v) is 6.45. The highest BCUT2D eigenvalue weighted by Crippen LogP contribution is 2.26. The molecular formula is C15H17N3O. The van der Waals surface area contributed by atoms with Crippen LogP contribution >= 0.6 is 0 Å². The van der Waals surface area contributed by atoms with Crippen LogP contribution in [-0.4, -0.2) is 22.7 Å². The van der Waals surface area contributed by atoms with Gasteiger partial charge in [0, 0.05) is 24.2 Å². The fourth-order valence-electron chi connectivity index (χ4n) is 2.12. The van der Waals surface area contributed by atoms with Crippen LogP contribution < -0.4 is 5.32 Å². The van der Waals surface area contributed by atoms with Crippen LogP contribution in [0.5, 0.6) is 0 Å². The highest BCUT2D eigenvalue weighted by atomic mass is 16.3. The third-order valence-corrected chi connectivity index (χ3v) is 3.21. The zero-order valence-electron chi connectivity index (χ0n) is 10.9. The fourth-order valence-corrected chi connectivity index (χ4v) is 2.12. The lowest BCUT2D eigenvalue weighted by Crippen LogP contribution is -2.20. The lowest BCUT2D eigenvalue weighted by Gasteiger charge is -2.19. The van der Waals surface area contributed by atoms with E-state index in [-0.39, 0.29) is 12.6 Å². The smallest absolute Gasteiger partial charge is 0.103 e. The number of hydrogen-bond acceptors (Lipinski definition) is 4. The summed E-state index contributed by atoms with van der Waals surface area (Å²) in [4.78, 5) is 4.28. The molecule has 98 valence electrons. The zero-order chi connectivity index (χ0) is 13.7. The summed E-state index contributed by atoms with van der Waals surface area (Å²) in [6.07, 6.45) is 3.15. The third kappa shape index (κ3) is 2.83. The lowest BCUT2D eigenvalue weighted by molar-refractivity contribution is 0.278. The molecule has 0 radical (unpaired) electrons. The highest BCUT2D eigenvalue weighted by Gasteiger charge is 2.12. The Morgan fingerprint density at radius 2 is 2.21 bits per heavy atom. The number of aliphatic hydroxyl groups is 1. The number of nitriles is 1. The molecule has 1 heterocycles. The molecule has 2 N–H and O–H groups in total. The van der Waals surface area contributed by atoms with Gasteiger partial charge in [0.1, 0.15) is 6.07 Å². The SMILES string of the molecule is CCC(CCO)Nc1c(C#N)cnc2ccccc12. The number of nitrogens with zero attached hydrogens (tertiary/aromatic N) is 2. The van der Waals surface area contributed by atoms with Gasteiger partial charge in [0.2, 0.25) is 0 Å². The third-order valence-electron chi connectivity index (χ3n) is 3.21. The average molecular weight is 255 g/mol. The molecule has 0 spiro atoms. The van der Waals surface area contributed by atoms with Crippen molar-refractivity contribution in [1.82, 2.24) is 4.98 Å². The summed E-state index contributed by atoms with van der Waals surface area (Å²) in [7, 11) is 0. The molecule has 2 rings (SSSR count). The minimum Gasteiger partial charge on any atom is -0.396 e. The normalized spacial score (nSPS) is 12.1. The van der Waals surface area contributed by atoms with E-state index in [9.17, 15) is 5.26 Å². The number of fused-ring (bicyclic) bond motifs is 1. The topological polar surface area (TPSA) is 68.9 Å². The van der Waals surface area contributed by atoms with Crippen LogP contribution in [0.15, 0.2) is 30.5 Å². The predicted molar refractivity (Wildman–Crippen MR) is 75.9 cm³/mol. The van der Waals surface area contributed by atoms with Crippen molar-refractivity contribution >= 4 is 16.6 Å². The monoisotopic (exact) mass is 255 g/mol. The molecule has 19 heavy (non-hydrogen) atoms. The number of pyridine rings is 1. The van der Waals surface area contributed by atoms with Crippen molar-refractivity contribution in [1.29, 1.82) is 5.26 Å². The quantitative estimate of drug-likeness (QED) is 0.861. The standard InChI is InChI=1S/C15H17N3O/c1-2-12(7-8-19)18-15-11(9-16)10-17-14-6-4-3-5-13(14)15/h3-6,10,12,19H,2,7-8H2,1H3,(H,17,18). The van der Waals surface area contributed by atoms with Crippen LogP contribution in [0.4, 0.5) is 5.69 Å². The second kappa shape index (κ2) is 6.17. The molecule has 4 nitrogen and oxygen atoms in total. The number of benzene rings is 1. The minimum absolute atomic E-state index is 0.135. The Bertz CT molecular complexity index is 604. The van der Waals surface area contributed by atoms with E-state index in [0.717, 1.165) is 23.0 Å². The molecule has 0 aliphatic rings. The van der Waals surface area contributed by atoms with Gasteiger partial charge < -0.3 is 10.4 Å². The molecular weight excluding hydrogens is 238 g/mol. The van der Waals surface area contributed by atoms with Crippen LogP contribution in [0.25, 0.3) is 10.9 Å². The molecule has 1 atom stereocenters. The van der Waals surface area contributed by atoms with Crippen LogP contribution in [0.3, 0.4) is 0 Å². The highest BCUT2D eigenvalue weighted by molar-refractivity contribution is 5.93. The Kier molecular flexibility index (Phi) is 4.32. The number of hydrogen-bond donors (Lipinski definition) is 2. The van der Waals surface area contributed by atoms with Crippen molar-refractivity contribution < 1.29 is 5.11 Å². The van der Waals surface area contributed by atoms with Crippen LogP contribution in [0, 0.1) is 11.3 Å². The van der Waals surface area contributed by atoms with E-state index in [1.54, 1.807) is 6.20 Å². The molecule has 0 aliphatic carbocycles. The predicted octanol–water partition coefficient (Wildman–Crippen LogP) is 2.68. The zero-order valence-corrected chi connectivity index (χ0v) is 10.9. The van der Waals surface area contributed by atoms with E-state index in [4.69, 9.17) is 5.11 Å². The lowest BCUT2D eigenvalue weighted by atomic mass is 10.1. The van der Waals surface area contributed by atoms with E-state index in [2.05, 4.69) is 23.3 Å². The number of nitrogens with one attached hydrogen (secondary N) is 1. The van der Waals surface area contributed by atoms with E-state index in [1.165, 1.54) is 0 Å². The molecule has 0 saturated carbocycles. The van der Waals surface area contributed by atoms with Gasteiger partial charge in [0.05, 0.1) is 16.8 Å². The van der Waals surface area contributed by atoms with Gasteiger partial charge in [-0.2, -0.15) is 5.26 Å². The number of aromatic nitrogens is 1. The summed E-state index contributed by atoms with van der Waals surface area (Å²) in [5.41, 5.74) is 2.21.